The van der Waals surface area contributed by atoms with E-state index in [4.69, 9.17) is 4.42 Å². The van der Waals surface area contributed by atoms with Crippen LogP contribution in [0.25, 0.3) is 0 Å². The minimum Gasteiger partial charge on any atom is -0.468 e. The average molecular weight is 396 g/mol. The van der Waals surface area contributed by atoms with E-state index >= 15 is 0 Å². The SMILES string of the molecule is O=C(CN1C(=O)C[C@H](c2ccco2)Sc2ccccc21)Nc1ccc(F)cc1. The van der Waals surface area contributed by atoms with Gasteiger partial charge in [-0.15, -0.1) is 11.8 Å². The molecule has 2 amide bonds. The fourth-order valence-corrected chi connectivity index (χ4v) is 4.30. The number of furan rings is 1. The minimum absolute atomic E-state index is 0.126. The Balaban J connectivity index is 1.56. The Labute approximate surface area is 165 Å². The van der Waals surface area contributed by atoms with Crippen LogP contribution < -0.4 is 10.2 Å². The third-order valence-corrected chi connectivity index (χ3v) is 5.66. The topological polar surface area (TPSA) is 62.6 Å². The second kappa shape index (κ2) is 7.90. The fourth-order valence-electron chi connectivity index (χ4n) is 3.06. The van der Waals surface area contributed by atoms with Gasteiger partial charge in [-0.25, -0.2) is 4.39 Å². The van der Waals surface area contributed by atoms with Gasteiger partial charge in [-0.1, -0.05) is 12.1 Å². The molecule has 0 aliphatic carbocycles. The fraction of sp³-hybridized carbons (Fsp3) is 0.143. The Morgan fingerprint density at radius 1 is 1.14 bits per heavy atom. The number of fused-ring (bicyclic) bond motifs is 1. The molecule has 1 aliphatic heterocycles. The molecule has 2 heterocycles. The molecule has 0 unspecified atom stereocenters. The first-order chi connectivity index (χ1) is 13.6. The number of carbonyl (C=O) groups is 2. The van der Waals surface area contributed by atoms with E-state index in [1.165, 1.54) is 29.2 Å². The van der Waals surface area contributed by atoms with Crippen molar-refractivity contribution in [2.45, 2.75) is 16.6 Å². The molecule has 1 N–H and O–H groups in total. The van der Waals surface area contributed by atoms with Gasteiger partial charge in [0.05, 0.1) is 17.2 Å². The highest BCUT2D eigenvalue weighted by Crippen LogP contribution is 2.45. The third-order valence-electron chi connectivity index (χ3n) is 4.38. The van der Waals surface area contributed by atoms with Crippen molar-refractivity contribution in [3.05, 3.63) is 78.5 Å². The maximum atomic E-state index is 13.0. The second-order valence-corrected chi connectivity index (χ2v) is 7.57. The number of amides is 2. The van der Waals surface area contributed by atoms with Crippen molar-refractivity contribution in [1.29, 1.82) is 0 Å². The number of nitrogens with zero attached hydrogens (tertiary/aromatic N) is 1. The number of carbonyl (C=O) groups excluding carboxylic acids is 2. The van der Waals surface area contributed by atoms with Gasteiger partial charge in [0.2, 0.25) is 11.8 Å². The molecule has 1 aromatic heterocycles. The first-order valence-electron chi connectivity index (χ1n) is 8.75. The van der Waals surface area contributed by atoms with Crippen molar-refractivity contribution in [3.8, 4) is 0 Å². The molecule has 5 nitrogen and oxygen atoms in total. The van der Waals surface area contributed by atoms with Crippen LogP contribution in [-0.4, -0.2) is 18.4 Å². The summed E-state index contributed by atoms with van der Waals surface area (Å²) in [5.41, 5.74) is 1.17. The molecule has 2 aromatic carbocycles. The van der Waals surface area contributed by atoms with Crippen LogP contribution in [0.3, 0.4) is 0 Å². The maximum absolute atomic E-state index is 13.0. The Morgan fingerprint density at radius 2 is 1.93 bits per heavy atom. The van der Waals surface area contributed by atoms with E-state index < -0.39 is 0 Å². The van der Waals surface area contributed by atoms with Gasteiger partial charge in [0.1, 0.15) is 18.1 Å². The first-order valence-corrected chi connectivity index (χ1v) is 9.63. The van der Waals surface area contributed by atoms with E-state index in [1.54, 1.807) is 24.1 Å². The Hall–Kier alpha value is -3.06. The Morgan fingerprint density at radius 3 is 2.68 bits per heavy atom. The number of anilines is 2. The number of thioether (sulfide) groups is 1. The third kappa shape index (κ3) is 3.94. The van der Waals surface area contributed by atoms with Crippen molar-refractivity contribution in [2.24, 2.45) is 0 Å². The highest BCUT2D eigenvalue weighted by Gasteiger charge is 2.31. The monoisotopic (exact) mass is 396 g/mol. The van der Waals surface area contributed by atoms with Crippen LogP contribution in [-0.2, 0) is 9.59 Å². The summed E-state index contributed by atoms with van der Waals surface area (Å²) in [6.45, 7) is -0.126. The molecule has 142 valence electrons. The summed E-state index contributed by atoms with van der Waals surface area (Å²) in [4.78, 5) is 27.9. The second-order valence-electron chi connectivity index (χ2n) is 6.33. The lowest BCUT2D eigenvalue weighted by molar-refractivity contribution is -0.121. The van der Waals surface area contributed by atoms with Crippen molar-refractivity contribution >= 4 is 35.0 Å². The summed E-state index contributed by atoms with van der Waals surface area (Å²) < 4.78 is 18.5. The van der Waals surface area contributed by atoms with Gasteiger partial charge in [0.25, 0.3) is 0 Å². The van der Waals surface area contributed by atoms with E-state index in [9.17, 15) is 14.0 Å². The highest BCUT2D eigenvalue weighted by atomic mass is 32.2. The van der Waals surface area contributed by atoms with Gasteiger partial charge in [-0.05, 0) is 48.5 Å². The molecular formula is C21H17FN2O3S. The van der Waals surface area contributed by atoms with Crippen LogP contribution in [0.15, 0.2) is 76.2 Å². The number of benzene rings is 2. The van der Waals surface area contributed by atoms with Crippen LogP contribution in [0.5, 0.6) is 0 Å². The summed E-state index contributed by atoms with van der Waals surface area (Å²) in [5.74, 6) is -0.161. The van der Waals surface area contributed by atoms with Crippen LogP contribution in [0, 0.1) is 5.82 Å². The molecule has 0 bridgehead atoms. The Bertz CT molecular complexity index is 989. The predicted molar refractivity (Wildman–Crippen MR) is 106 cm³/mol. The largest absolute Gasteiger partial charge is 0.468 e. The molecule has 0 saturated heterocycles. The lowest BCUT2D eigenvalue weighted by Crippen LogP contribution is -2.38. The molecule has 1 atom stereocenters. The molecule has 4 rings (SSSR count). The molecule has 0 saturated carbocycles. The number of nitrogens with one attached hydrogen (secondary N) is 1. The number of hydrogen-bond acceptors (Lipinski definition) is 4. The van der Waals surface area contributed by atoms with Crippen LogP contribution in [0.1, 0.15) is 17.4 Å². The summed E-state index contributed by atoms with van der Waals surface area (Å²) in [7, 11) is 0. The molecule has 1 aliphatic rings. The van der Waals surface area contributed by atoms with Gasteiger partial charge in [-0.2, -0.15) is 0 Å². The lowest BCUT2D eigenvalue weighted by atomic mass is 10.2. The van der Waals surface area contributed by atoms with Crippen LogP contribution in [0.2, 0.25) is 0 Å². The average Bonchev–Trinajstić information content (AvgIpc) is 3.18. The molecule has 7 heteroatoms. The van der Waals surface area contributed by atoms with Crippen molar-refractivity contribution < 1.29 is 18.4 Å². The van der Waals surface area contributed by atoms with Crippen LogP contribution >= 0.6 is 11.8 Å². The number of halogens is 1. The summed E-state index contributed by atoms with van der Waals surface area (Å²) in [6, 6.07) is 16.6. The number of para-hydroxylation sites is 1. The summed E-state index contributed by atoms with van der Waals surface area (Å²) in [5, 5.41) is 2.54. The molecular weight excluding hydrogens is 379 g/mol. The van der Waals surface area contributed by atoms with Gasteiger partial charge in [-0.3, -0.25) is 9.59 Å². The molecule has 28 heavy (non-hydrogen) atoms. The van der Waals surface area contributed by atoms with Gasteiger partial charge >= 0.3 is 0 Å². The molecule has 0 fully saturated rings. The standard InChI is InChI=1S/C21H17FN2O3S/c22-14-7-9-15(10-8-14)23-20(25)13-24-16-4-1-2-6-18(16)28-19(12-21(24)26)17-5-3-11-27-17/h1-11,19H,12-13H2,(H,23,25)/t19-/m1/s1. The zero-order chi connectivity index (χ0) is 19.5. The van der Waals surface area contributed by atoms with E-state index in [2.05, 4.69) is 5.32 Å². The zero-order valence-corrected chi connectivity index (χ0v) is 15.6. The van der Waals surface area contributed by atoms with E-state index in [1.807, 2.05) is 30.3 Å². The summed E-state index contributed by atoms with van der Waals surface area (Å²) in [6.07, 6.45) is 1.81. The quantitative estimate of drug-likeness (QED) is 0.699. The predicted octanol–water partition coefficient (Wildman–Crippen LogP) is 4.63. The summed E-state index contributed by atoms with van der Waals surface area (Å²) >= 11 is 1.55. The molecule has 3 aromatic rings. The van der Waals surface area contributed by atoms with Crippen molar-refractivity contribution in [2.75, 3.05) is 16.8 Å². The number of hydrogen-bond donors (Lipinski definition) is 1. The smallest absolute Gasteiger partial charge is 0.244 e. The van der Waals surface area contributed by atoms with E-state index in [0.717, 1.165) is 10.7 Å². The molecule has 0 spiro atoms. The maximum Gasteiger partial charge on any atom is 0.244 e. The van der Waals surface area contributed by atoms with Crippen LogP contribution in [0.4, 0.5) is 15.8 Å². The molecule has 0 radical (unpaired) electrons. The minimum atomic E-state index is -0.379. The van der Waals surface area contributed by atoms with Crippen molar-refractivity contribution in [3.63, 3.8) is 0 Å². The number of rotatable bonds is 4. The normalized spacial score (nSPS) is 16.4. The van der Waals surface area contributed by atoms with Gasteiger partial charge < -0.3 is 14.6 Å². The zero-order valence-electron chi connectivity index (χ0n) is 14.8. The van der Waals surface area contributed by atoms with Crippen molar-refractivity contribution in [1.82, 2.24) is 0 Å². The lowest BCUT2D eigenvalue weighted by Gasteiger charge is -2.22. The van der Waals surface area contributed by atoms with Gasteiger partial charge in [0, 0.05) is 17.0 Å². The van der Waals surface area contributed by atoms with E-state index in [0.29, 0.717) is 11.4 Å². The Kier molecular flexibility index (Phi) is 5.16. The highest BCUT2D eigenvalue weighted by molar-refractivity contribution is 7.99. The van der Waals surface area contributed by atoms with Gasteiger partial charge in [0.15, 0.2) is 0 Å². The first kappa shape index (κ1) is 18.3. The van der Waals surface area contributed by atoms with E-state index in [-0.39, 0.29) is 35.8 Å².